The lowest BCUT2D eigenvalue weighted by Gasteiger charge is -2.15. The smallest absolute Gasteiger partial charge is 0.235 e. The van der Waals surface area contributed by atoms with Gasteiger partial charge in [0, 0.05) is 31.7 Å². The zero-order valence-corrected chi connectivity index (χ0v) is 21.0. The van der Waals surface area contributed by atoms with Crippen molar-refractivity contribution in [2.75, 3.05) is 11.9 Å². The van der Waals surface area contributed by atoms with Crippen LogP contribution in [0, 0.1) is 9.52 Å². The van der Waals surface area contributed by atoms with Crippen molar-refractivity contribution in [1.29, 1.82) is 0 Å². The summed E-state index contributed by atoms with van der Waals surface area (Å²) < 4.78 is 22.7. The van der Waals surface area contributed by atoms with Gasteiger partial charge in [0.15, 0.2) is 0 Å². The number of amides is 1. The molecule has 162 valence electrons. The van der Waals surface area contributed by atoms with Crippen LogP contribution in [0.5, 0.6) is 0 Å². The molecule has 2 heterocycles. The molecule has 2 aromatic carbocycles. The predicted octanol–water partition coefficient (Wildman–Crippen LogP) is 5.47. The topological polar surface area (TPSA) is 56.2 Å². The molecule has 0 radical (unpaired) electrons. The number of aromatic nitrogens is 2. The normalized spacial score (nSPS) is 22.2. The molecule has 1 saturated carbocycles. The number of hydrogen-bond acceptors (Lipinski definition) is 3. The van der Waals surface area contributed by atoms with E-state index in [0.29, 0.717) is 13.2 Å². The minimum atomic E-state index is -1.14. The van der Waals surface area contributed by atoms with Gasteiger partial charge in [-0.2, -0.15) is 5.10 Å². The van der Waals surface area contributed by atoms with Crippen molar-refractivity contribution in [2.45, 2.75) is 50.2 Å². The summed E-state index contributed by atoms with van der Waals surface area (Å²) in [6.07, 6.45) is 0.693. The van der Waals surface area contributed by atoms with Gasteiger partial charge in [-0.1, -0.05) is 25.7 Å². The molecule has 1 spiro atoms. The summed E-state index contributed by atoms with van der Waals surface area (Å²) in [5, 5.41) is 8.67. The Balaban J connectivity index is 1.43. The molecule has 5 rings (SSSR count). The Hall–Kier alpha value is -1.78. The SMILES string of the molecule is C[Si](C)(C)CCOCn1nc(I)c2ccc(C3CC34C(=O)Nc3ccc(F)cc34)cc21. The number of halogens is 2. The van der Waals surface area contributed by atoms with E-state index < -0.39 is 13.5 Å². The average molecular weight is 549 g/mol. The van der Waals surface area contributed by atoms with Crippen molar-refractivity contribution in [3.8, 4) is 0 Å². The maximum absolute atomic E-state index is 13.9. The zero-order chi connectivity index (χ0) is 22.0. The molecule has 1 aliphatic heterocycles. The zero-order valence-electron chi connectivity index (χ0n) is 17.8. The Morgan fingerprint density at radius 2 is 2.10 bits per heavy atom. The van der Waals surface area contributed by atoms with Gasteiger partial charge in [0.1, 0.15) is 16.2 Å². The summed E-state index contributed by atoms with van der Waals surface area (Å²) in [4.78, 5) is 12.8. The van der Waals surface area contributed by atoms with Crippen molar-refractivity contribution in [2.24, 2.45) is 0 Å². The lowest BCUT2D eigenvalue weighted by atomic mass is 9.92. The van der Waals surface area contributed by atoms with E-state index in [0.717, 1.165) is 44.1 Å². The Morgan fingerprint density at radius 3 is 2.87 bits per heavy atom. The molecule has 2 unspecified atom stereocenters. The molecule has 1 aromatic heterocycles. The quantitative estimate of drug-likeness (QED) is 0.252. The van der Waals surface area contributed by atoms with Crippen LogP contribution in [0.1, 0.15) is 23.5 Å². The molecule has 2 aliphatic rings. The Kier molecular flexibility index (Phi) is 5.02. The monoisotopic (exact) mass is 549 g/mol. The van der Waals surface area contributed by atoms with E-state index in [2.05, 4.69) is 70.8 Å². The lowest BCUT2D eigenvalue weighted by Crippen LogP contribution is -2.22. The maximum atomic E-state index is 13.9. The van der Waals surface area contributed by atoms with Gasteiger partial charge < -0.3 is 10.1 Å². The van der Waals surface area contributed by atoms with Crippen molar-refractivity contribution in [3.05, 3.63) is 57.0 Å². The summed E-state index contributed by atoms with van der Waals surface area (Å²) in [5.41, 5.74) is 2.94. The fourth-order valence-electron chi connectivity index (χ4n) is 4.56. The average Bonchev–Trinajstić information content (AvgIpc) is 3.31. The van der Waals surface area contributed by atoms with Crippen molar-refractivity contribution < 1.29 is 13.9 Å². The van der Waals surface area contributed by atoms with Gasteiger partial charge in [0.05, 0.1) is 10.9 Å². The van der Waals surface area contributed by atoms with Crippen LogP contribution in [0.4, 0.5) is 10.1 Å². The first-order chi connectivity index (χ1) is 14.7. The van der Waals surface area contributed by atoms with Gasteiger partial charge in [0.25, 0.3) is 0 Å². The van der Waals surface area contributed by atoms with Gasteiger partial charge >= 0.3 is 0 Å². The molecule has 1 aliphatic carbocycles. The van der Waals surface area contributed by atoms with Crippen LogP contribution in [0.2, 0.25) is 25.7 Å². The molecule has 2 atom stereocenters. The molecule has 1 fully saturated rings. The fraction of sp³-hybridized carbons (Fsp3) is 0.391. The number of nitrogens with zero attached hydrogens (tertiary/aromatic N) is 2. The first-order valence-electron chi connectivity index (χ1n) is 10.5. The number of rotatable bonds is 6. The summed E-state index contributed by atoms with van der Waals surface area (Å²) in [6.45, 7) is 8.16. The van der Waals surface area contributed by atoms with Crippen LogP contribution >= 0.6 is 22.6 Å². The summed E-state index contributed by atoms with van der Waals surface area (Å²) in [6, 6.07) is 11.9. The molecular formula is C23H25FIN3O2Si. The number of benzene rings is 2. The van der Waals surface area contributed by atoms with Crippen LogP contribution in [0.25, 0.3) is 10.9 Å². The van der Waals surface area contributed by atoms with E-state index in [1.165, 1.54) is 12.1 Å². The first-order valence-corrected chi connectivity index (χ1v) is 15.3. The van der Waals surface area contributed by atoms with E-state index in [1.54, 1.807) is 6.07 Å². The molecular weight excluding hydrogens is 524 g/mol. The third kappa shape index (κ3) is 3.62. The third-order valence-corrected chi connectivity index (χ3v) is 8.92. The summed E-state index contributed by atoms with van der Waals surface area (Å²) in [7, 11) is -1.14. The van der Waals surface area contributed by atoms with E-state index in [-0.39, 0.29) is 17.6 Å². The minimum absolute atomic E-state index is 0.0315. The second-order valence-corrected chi connectivity index (χ2v) is 16.4. The largest absolute Gasteiger partial charge is 0.360 e. The minimum Gasteiger partial charge on any atom is -0.360 e. The highest BCUT2D eigenvalue weighted by Crippen LogP contribution is 2.65. The number of anilines is 1. The number of nitrogens with one attached hydrogen (secondary N) is 1. The highest BCUT2D eigenvalue weighted by atomic mass is 127. The molecule has 0 saturated heterocycles. The number of ether oxygens (including phenoxy) is 1. The van der Waals surface area contributed by atoms with Crippen molar-refractivity contribution in [1.82, 2.24) is 9.78 Å². The van der Waals surface area contributed by atoms with Gasteiger partial charge in [-0.3, -0.25) is 4.79 Å². The maximum Gasteiger partial charge on any atom is 0.235 e. The Morgan fingerprint density at radius 1 is 1.29 bits per heavy atom. The lowest BCUT2D eigenvalue weighted by molar-refractivity contribution is -0.118. The number of carbonyl (C=O) groups excluding carboxylic acids is 1. The van der Waals surface area contributed by atoms with E-state index in [4.69, 9.17) is 4.74 Å². The highest BCUT2D eigenvalue weighted by molar-refractivity contribution is 14.1. The molecule has 0 bridgehead atoms. The van der Waals surface area contributed by atoms with Crippen LogP contribution in [-0.4, -0.2) is 30.4 Å². The first kappa shape index (κ1) is 21.1. The van der Waals surface area contributed by atoms with E-state index >= 15 is 0 Å². The fourth-order valence-corrected chi connectivity index (χ4v) is 6.03. The van der Waals surface area contributed by atoms with Gasteiger partial charge in [-0.05, 0) is 76.5 Å². The van der Waals surface area contributed by atoms with Crippen molar-refractivity contribution in [3.63, 3.8) is 0 Å². The van der Waals surface area contributed by atoms with Crippen LogP contribution in [-0.2, 0) is 21.7 Å². The number of carbonyl (C=O) groups is 1. The predicted molar refractivity (Wildman–Crippen MR) is 131 cm³/mol. The second-order valence-electron chi connectivity index (χ2n) is 9.79. The Labute approximate surface area is 195 Å². The van der Waals surface area contributed by atoms with Crippen molar-refractivity contribution >= 4 is 53.2 Å². The summed E-state index contributed by atoms with van der Waals surface area (Å²) in [5.74, 6) is -0.302. The third-order valence-electron chi connectivity index (χ3n) is 6.42. The standard InChI is InChI=1S/C23H25FIN3O2Si/c1-31(2,3)9-8-30-13-28-20-10-14(4-6-16(20)21(25)27-28)18-12-23(18)17-11-15(24)5-7-19(17)26-22(23)29/h4-7,10-11,18H,8-9,12-13H2,1-3H3,(H,26,29). The molecule has 31 heavy (non-hydrogen) atoms. The summed E-state index contributed by atoms with van der Waals surface area (Å²) >= 11 is 2.25. The number of fused-ring (bicyclic) bond motifs is 3. The Bertz CT molecular complexity index is 1210. The van der Waals surface area contributed by atoms with Crippen LogP contribution in [0.15, 0.2) is 36.4 Å². The van der Waals surface area contributed by atoms with Crippen LogP contribution < -0.4 is 5.32 Å². The van der Waals surface area contributed by atoms with Gasteiger partial charge in [-0.15, -0.1) is 0 Å². The second kappa shape index (κ2) is 7.38. The molecule has 8 heteroatoms. The molecule has 5 nitrogen and oxygen atoms in total. The molecule has 3 aromatic rings. The highest BCUT2D eigenvalue weighted by Gasteiger charge is 2.65. The van der Waals surface area contributed by atoms with Gasteiger partial charge in [-0.25, -0.2) is 9.07 Å². The van der Waals surface area contributed by atoms with E-state index in [1.807, 2.05) is 4.68 Å². The van der Waals surface area contributed by atoms with E-state index in [9.17, 15) is 9.18 Å². The molecule has 1 N–H and O–H groups in total. The van der Waals surface area contributed by atoms with Gasteiger partial charge in [0.2, 0.25) is 5.91 Å². The van der Waals surface area contributed by atoms with Crippen LogP contribution in [0.3, 0.4) is 0 Å². The number of hydrogen-bond donors (Lipinski definition) is 1. The molecule has 1 amide bonds.